The molecule has 3 fully saturated rings. The Hall–Kier alpha value is -1.30. The lowest BCUT2D eigenvalue weighted by molar-refractivity contribution is 0.0992. The second-order valence-electron chi connectivity index (χ2n) is 7.89. The van der Waals surface area contributed by atoms with E-state index in [9.17, 15) is 0 Å². The van der Waals surface area contributed by atoms with Crippen molar-refractivity contribution in [2.75, 3.05) is 26.2 Å². The van der Waals surface area contributed by atoms with Gasteiger partial charge in [-0.2, -0.15) is 0 Å². The molecular formula is C21H31ClN4O. The zero-order valence-electron chi connectivity index (χ0n) is 16.2. The summed E-state index contributed by atoms with van der Waals surface area (Å²) in [5, 5.41) is 7.84. The molecule has 0 aromatic heterocycles. The molecule has 4 atom stereocenters. The van der Waals surface area contributed by atoms with Crippen molar-refractivity contribution >= 4 is 17.6 Å². The van der Waals surface area contributed by atoms with Gasteiger partial charge in [-0.1, -0.05) is 23.7 Å². The van der Waals surface area contributed by atoms with Gasteiger partial charge in [0.15, 0.2) is 5.96 Å². The third kappa shape index (κ3) is 4.58. The van der Waals surface area contributed by atoms with Crippen molar-refractivity contribution in [3.8, 4) is 0 Å². The number of guanidine groups is 1. The molecule has 3 aliphatic heterocycles. The highest BCUT2D eigenvalue weighted by Gasteiger charge is 2.41. The molecule has 0 spiro atoms. The summed E-state index contributed by atoms with van der Waals surface area (Å²) in [6.45, 7) is 5.98. The number of halogens is 1. The average molecular weight is 391 g/mol. The number of nitrogens with zero attached hydrogens (tertiary/aromatic N) is 2. The van der Waals surface area contributed by atoms with E-state index in [1.165, 1.54) is 31.2 Å². The van der Waals surface area contributed by atoms with E-state index < -0.39 is 0 Å². The topological polar surface area (TPSA) is 48.9 Å². The number of aliphatic imine (C=N–C) groups is 1. The van der Waals surface area contributed by atoms with Crippen LogP contribution in [0.2, 0.25) is 5.02 Å². The van der Waals surface area contributed by atoms with Crippen molar-refractivity contribution in [2.24, 2.45) is 4.99 Å². The maximum atomic E-state index is 6.26. The summed E-state index contributed by atoms with van der Waals surface area (Å²) >= 11 is 6.26. The number of rotatable bonds is 6. The number of benzene rings is 1. The Kier molecular flexibility index (Phi) is 6.21. The maximum Gasteiger partial charge on any atom is 0.191 e. The van der Waals surface area contributed by atoms with Crippen LogP contribution in [-0.2, 0) is 4.74 Å². The van der Waals surface area contributed by atoms with E-state index in [4.69, 9.17) is 21.3 Å². The van der Waals surface area contributed by atoms with E-state index in [1.807, 2.05) is 12.1 Å². The molecular weight excluding hydrogens is 360 g/mol. The minimum Gasteiger partial charge on any atom is -0.373 e. The molecule has 0 aliphatic carbocycles. The van der Waals surface area contributed by atoms with Gasteiger partial charge in [-0.15, -0.1) is 0 Å². The third-order valence-corrected chi connectivity index (χ3v) is 6.24. The molecule has 1 aromatic carbocycles. The minimum atomic E-state index is 0.276. The Bertz CT molecular complexity index is 661. The van der Waals surface area contributed by atoms with Gasteiger partial charge in [0.25, 0.3) is 0 Å². The lowest BCUT2D eigenvalue weighted by Crippen LogP contribution is -2.47. The van der Waals surface area contributed by atoms with Gasteiger partial charge >= 0.3 is 0 Å². The number of nitrogens with one attached hydrogen (secondary N) is 2. The Morgan fingerprint density at radius 3 is 2.85 bits per heavy atom. The monoisotopic (exact) mass is 390 g/mol. The van der Waals surface area contributed by atoms with Gasteiger partial charge in [0.1, 0.15) is 0 Å². The van der Waals surface area contributed by atoms with Crippen molar-refractivity contribution in [2.45, 2.75) is 63.3 Å². The largest absolute Gasteiger partial charge is 0.373 e. The number of hydrogen-bond acceptors (Lipinski definition) is 3. The highest BCUT2D eigenvalue weighted by atomic mass is 35.5. The lowest BCUT2D eigenvalue weighted by atomic mass is 9.96. The van der Waals surface area contributed by atoms with Gasteiger partial charge in [-0.3, -0.25) is 9.89 Å². The van der Waals surface area contributed by atoms with Crippen LogP contribution in [0.3, 0.4) is 0 Å². The summed E-state index contributed by atoms with van der Waals surface area (Å²) in [7, 11) is 0. The third-order valence-electron chi connectivity index (χ3n) is 6.01. The number of ether oxygens (including phenoxy) is 1. The standard InChI is InChI=1S/C21H31ClN4O/c1-2-23-21(25-18-13-17-8-9-20(18)27-17)24-14-19(26-10-3-4-11-26)15-6-5-7-16(22)12-15/h5-7,12,17-20H,2-4,8-11,13-14H2,1H3,(H2,23,24,25). The Morgan fingerprint density at radius 1 is 1.33 bits per heavy atom. The van der Waals surface area contributed by atoms with Crippen molar-refractivity contribution < 1.29 is 4.74 Å². The van der Waals surface area contributed by atoms with Crippen molar-refractivity contribution in [3.05, 3.63) is 34.9 Å². The van der Waals surface area contributed by atoms with Crippen LogP contribution < -0.4 is 10.6 Å². The van der Waals surface area contributed by atoms with Crippen LogP contribution in [0.5, 0.6) is 0 Å². The molecule has 2 N–H and O–H groups in total. The fourth-order valence-corrected chi connectivity index (χ4v) is 4.86. The average Bonchev–Trinajstić information content (AvgIpc) is 3.40. The van der Waals surface area contributed by atoms with E-state index in [1.54, 1.807) is 0 Å². The lowest BCUT2D eigenvalue weighted by Gasteiger charge is -2.28. The van der Waals surface area contributed by atoms with Crippen LogP contribution in [-0.4, -0.2) is 55.3 Å². The van der Waals surface area contributed by atoms with Gasteiger partial charge in [0.2, 0.25) is 0 Å². The zero-order valence-corrected chi connectivity index (χ0v) is 16.9. The predicted molar refractivity (Wildman–Crippen MR) is 110 cm³/mol. The molecule has 0 radical (unpaired) electrons. The quantitative estimate of drug-likeness (QED) is 0.577. The highest BCUT2D eigenvalue weighted by Crippen LogP contribution is 2.34. The molecule has 3 heterocycles. The van der Waals surface area contributed by atoms with Crippen molar-refractivity contribution in [1.29, 1.82) is 0 Å². The first kappa shape index (κ1) is 19.0. The van der Waals surface area contributed by atoms with E-state index in [0.29, 0.717) is 18.2 Å². The summed E-state index contributed by atoms with van der Waals surface area (Å²) < 4.78 is 5.99. The first-order valence-corrected chi connectivity index (χ1v) is 10.8. The molecule has 6 heteroatoms. The molecule has 148 valence electrons. The molecule has 5 nitrogen and oxygen atoms in total. The molecule has 1 aromatic rings. The molecule has 0 saturated carbocycles. The molecule has 27 heavy (non-hydrogen) atoms. The van der Waals surface area contributed by atoms with Crippen molar-refractivity contribution in [1.82, 2.24) is 15.5 Å². The zero-order chi connectivity index (χ0) is 18.6. The highest BCUT2D eigenvalue weighted by molar-refractivity contribution is 6.30. The second kappa shape index (κ2) is 8.80. The molecule has 3 aliphatic rings. The summed E-state index contributed by atoms with van der Waals surface area (Å²) in [6, 6.07) is 8.91. The Morgan fingerprint density at radius 2 is 2.19 bits per heavy atom. The molecule has 4 unspecified atom stereocenters. The van der Waals surface area contributed by atoms with Crippen LogP contribution in [0.15, 0.2) is 29.3 Å². The van der Waals surface area contributed by atoms with E-state index >= 15 is 0 Å². The summed E-state index contributed by atoms with van der Waals surface area (Å²) in [5.41, 5.74) is 1.26. The van der Waals surface area contributed by atoms with E-state index in [0.717, 1.165) is 43.6 Å². The predicted octanol–water partition coefficient (Wildman–Crippen LogP) is 3.35. The molecule has 2 bridgehead atoms. The van der Waals surface area contributed by atoms with Gasteiger partial charge < -0.3 is 15.4 Å². The summed E-state index contributed by atoms with van der Waals surface area (Å²) in [5.74, 6) is 0.907. The SMILES string of the molecule is CCNC(=NCC(c1cccc(Cl)c1)N1CCCC1)NC1CC2CCC1O2. The minimum absolute atomic E-state index is 0.276. The molecule has 0 amide bonds. The van der Waals surface area contributed by atoms with Gasteiger partial charge in [-0.05, 0) is 69.8 Å². The maximum absolute atomic E-state index is 6.26. The van der Waals surface area contributed by atoms with Crippen molar-refractivity contribution in [3.63, 3.8) is 0 Å². The Balaban J connectivity index is 1.47. The normalized spacial score (nSPS) is 29.3. The van der Waals surface area contributed by atoms with Crippen LogP contribution in [0.4, 0.5) is 0 Å². The first-order valence-electron chi connectivity index (χ1n) is 10.4. The van der Waals surface area contributed by atoms with Crippen LogP contribution in [0.25, 0.3) is 0 Å². The fraction of sp³-hybridized carbons (Fsp3) is 0.667. The van der Waals surface area contributed by atoms with E-state index in [-0.39, 0.29) is 6.04 Å². The molecule has 4 rings (SSSR count). The first-order chi connectivity index (χ1) is 13.2. The van der Waals surface area contributed by atoms with Crippen LogP contribution in [0.1, 0.15) is 50.6 Å². The summed E-state index contributed by atoms with van der Waals surface area (Å²) in [4.78, 5) is 7.51. The van der Waals surface area contributed by atoms with E-state index in [2.05, 4.69) is 34.6 Å². The van der Waals surface area contributed by atoms with Gasteiger partial charge in [0, 0.05) is 11.6 Å². The fourth-order valence-electron chi connectivity index (χ4n) is 4.66. The van der Waals surface area contributed by atoms with Crippen LogP contribution >= 0.6 is 11.6 Å². The van der Waals surface area contributed by atoms with Gasteiger partial charge in [0.05, 0.1) is 30.8 Å². The van der Waals surface area contributed by atoms with Crippen LogP contribution in [0, 0.1) is 0 Å². The molecule has 3 saturated heterocycles. The number of likely N-dealkylation sites (tertiary alicyclic amines) is 1. The number of fused-ring (bicyclic) bond motifs is 2. The second-order valence-corrected chi connectivity index (χ2v) is 8.33. The Labute approximate surface area is 167 Å². The summed E-state index contributed by atoms with van der Waals surface area (Å²) in [6.07, 6.45) is 6.80. The smallest absolute Gasteiger partial charge is 0.191 e. The van der Waals surface area contributed by atoms with Gasteiger partial charge in [-0.25, -0.2) is 0 Å². The number of hydrogen-bond donors (Lipinski definition) is 2.